The summed E-state index contributed by atoms with van der Waals surface area (Å²) in [6, 6.07) is 30.1. The Morgan fingerprint density at radius 1 is 0.821 bits per heavy atom. The molecule has 0 saturated carbocycles. The molecule has 1 saturated heterocycles. The Balaban J connectivity index is 1.24. The number of benzene rings is 3. The van der Waals surface area contributed by atoms with Crippen molar-refractivity contribution in [2.24, 2.45) is 0 Å². The minimum atomic E-state index is -0.254. The summed E-state index contributed by atoms with van der Waals surface area (Å²) in [7, 11) is 0. The van der Waals surface area contributed by atoms with Crippen LogP contribution in [0.3, 0.4) is 0 Å². The summed E-state index contributed by atoms with van der Waals surface area (Å²) in [5.41, 5.74) is 3.11. The van der Waals surface area contributed by atoms with Crippen molar-refractivity contribution in [1.82, 2.24) is 20.0 Å². The number of amides is 2. The lowest BCUT2D eigenvalue weighted by molar-refractivity contribution is -0.132. The number of carbonyl (C=O) groups excluding carboxylic acids is 2. The number of nitrogens with zero attached hydrogens (tertiary/aromatic N) is 5. The fourth-order valence-electron chi connectivity index (χ4n) is 4.78. The van der Waals surface area contributed by atoms with Gasteiger partial charge in [-0.15, -0.1) is 10.2 Å². The lowest BCUT2D eigenvalue weighted by Gasteiger charge is -2.37. The van der Waals surface area contributed by atoms with E-state index in [4.69, 9.17) is 11.6 Å². The van der Waals surface area contributed by atoms with Crippen LogP contribution in [0.2, 0.25) is 5.02 Å². The zero-order chi connectivity index (χ0) is 27.2. The summed E-state index contributed by atoms with van der Waals surface area (Å²) in [6.45, 7) is 4.32. The van der Waals surface area contributed by atoms with E-state index in [0.717, 1.165) is 16.9 Å². The summed E-state index contributed by atoms with van der Waals surface area (Å²) in [4.78, 5) is 32.5. The maximum absolute atomic E-state index is 13.5. The zero-order valence-electron chi connectivity index (χ0n) is 21.8. The first-order valence-electron chi connectivity index (χ1n) is 13.0. The third-order valence-electron chi connectivity index (χ3n) is 7.09. The number of hydrogen-bond acceptors (Lipinski definition) is 5. The highest BCUT2D eigenvalue weighted by Gasteiger charge is 2.29. The fourth-order valence-corrected chi connectivity index (χ4v) is 5.01. The molecule has 0 spiro atoms. The van der Waals surface area contributed by atoms with Gasteiger partial charge in [-0.05, 0) is 42.8 Å². The zero-order valence-corrected chi connectivity index (χ0v) is 22.5. The second-order valence-corrected chi connectivity index (χ2v) is 9.92. The molecule has 1 aliphatic rings. The largest absolute Gasteiger partial charge is 0.352 e. The van der Waals surface area contributed by atoms with Crippen molar-refractivity contribution in [3.05, 3.63) is 113 Å². The van der Waals surface area contributed by atoms with Crippen molar-refractivity contribution in [2.45, 2.75) is 13.0 Å². The van der Waals surface area contributed by atoms with Gasteiger partial charge in [-0.1, -0.05) is 78.3 Å². The van der Waals surface area contributed by atoms with Crippen molar-refractivity contribution in [2.75, 3.05) is 37.6 Å². The van der Waals surface area contributed by atoms with Gasteiger partial charge in [-0.3, -0.25) is 9.59 Å². The predicted octanol–water partition coefficient (Wildman–Crippen LogP) is 5.35. The molecule has 1 atom stereocenters. The maximum atomic E-state index is 13.5. The van der Waals surface area contributed by atoms with Crippen LogP contribution in [-0.4, -0.2) is 64.5 Å². The topological polar surface area (TPSA) is 69.6 Å². The van der Waals surface area contributed by atoms with E-state index in [2.05, 4.69) is 15.1 Å². The quantitative estimate of drug-likeness (QED) is 0.317. The molecule has 0 unspecified atom stereocenters. The lowest BCUT2D eigenvalue weighted by Crippen LogP contribution is -2.52. The molecule has 1 fully saturated rings. The number of anilines is 1. The first-order valence-corrected chi connectivity index (χ1v) is 13.4. The van der Waals surface area contributed by atoms with Crippen LogP contribution in [0.25, 0.3) is 11.3 Å². The van der Waals surface area contributed by atoms with Gasteiger partial charge in [-0.2, -0.15) is 0 Å². The van der Waals surface area contributed by atoms with Crippen molar-refractivity contribution in [3.63, 3.8) is 0 Å². The maximum Gasteiger partial charge on any atom is 0.254 e. The van der Waals surface area contributed by atoms with Crippen LogP contribution in [0.4, 0.5) is 5.82 Å². The molecule has 2 amide bonds. The van der Waals surface area contributed by atoms with Gasteiger partial charge in [0.05, 0.1) is 16.8 Å². The third kappa shape index (κ3) is 6.10. The number of piperazine rings is 1. The SMILES string of the molecule is C[C@@H](c1ccccc1)N(CC(=O)N1CCN(c2ccc(-c3ccccc3Cl)nn2)CC1)C(=O)c1ccccc1. The molecule has 39 heavy (non-hydrogen) atoms. The molecule has 198 valence electrons. The average Bonchev–Trinajstić information content (AvgIpc) is 3.00. The van der Waals surface area contributed by atoms with Gasteiger partial charge in [0.2, 0.25) is 5.91 Å². The fraction of sp³-hybridized carbons (Fsp3) is 0.226. The Labute approximate surface area is 233 Å². The summed E-state index contributed by atoms with van der Waals surface area (Å²) in [6.07, 6.45) is 0. The number of aromatic nitrogens is 2. The Morgan fingerprint density at radius 2 is 1.46 bits per heavy atom. The van der Waals surface area contributed by atoms with Crippen molar-refractivity contribution < 1.29 is 9.59 Å². The van der Waals surface area contributed by atoms with E-state index in [0.29, 0.717) is 42.5 Å². The molecule has 0 bridgehead atoms. The number of rotatable bonds is 7. The van der Waals surface area contributed by atoms with Gasteiger partial charge in [0.25, 0.3) is 5.91 Å². The number of halogens is 1. The Bertz CT molecular complexity index is 1410. The average molecular weight is 540 g/mol. The van der Waals surface area contributed by atoms with Gasteiger partial charge >= 0.3 is 0 Å². The Hall–Kier alpha value is -4.23. The van der Waals surface area contributed by atoms with Crippen molar-refractivity contribution >= 4 is 29.2 Å². The Kier molecular flexibility index (Phi) is 8.18. The van der Waals surface area contributed by atoms with Crippen LogP contribution >= 0.6 is 11.6 Å². The second kappa shape index (κ2) is 12.1. The van der Waals surface area contributed by atoms with Gasteiger partial charge in [-0.25, -0.2) is 0 Å². The van der Waals surface area contributed by atoms with E-state index in [1.807, 2.05) is 96.8 Å². The second-order valence-electron chi connectivity index (χ2n) is 9.51. The number of carbonyl (C=O) groups is 2. The van der Waals surface area contributed by atoms with Crippen LogP contribution in [0.5, 0.6) is 0 Å². The summed E-state index contributed by atoms with van der Waals surface area (Å²) in [5.74, 6) is 0.533. The molecule has 4 aromatic rings. The van der Waals surface area contributed by atoms with E-state index < -0.39 is 0 Å². The predicted molar refractivity (Wildman–Crippen MR) is 154 cm³/mol. The molecule has 7 nitrogen and oxygen atoms in total. The van der Waals surface area contributed by atoms with E-state index in [1.165, 1.54) is 0 Å². The molecule has 2 heterocycles. The molecular formula is C31H30ClN5O2. The van der Waals surface area contributed by atoms with Crippen LogP contribution in [0.15, 0.2) is 97.1 Å². The highest BCUT2D eigenvalue weighted by Crippen LogP contribution is 2.27. The number of hydrogen-bond donors (Lipinski definition) is 0. The molecule has 8 heteroatoms. The molecule has 0 aliphatic carbocycles. The first kappa shape index (κ1) is 26.4. The molecule has 5 rings (SSSR count). The van der Waals surface area contributed by atoms with Crippen LogP contribution in [0, 0.1) is 0 Å². The summed E-state index contributed by atoms with van der Waals surface area (Å²) >= 11 is 6.30. The van der Waals surface area contributed by atoms with Gasteiger partial charge in [0.1, 0.15) is 6.54 Å². The highest BCUT2D eigenvalue weighted by atomic mass is 35.5. The van der Waals surface area contributed by atoms with Crippen LogP contribution < -0.4 is 4.90 Å². The summed E-state index contributed by atoms with van der Waals surface area (Å²) < 4.78 is 0. The molecule has 3 aromatic carbocycles. The van der Waals surface area contributed by atoms with E-state index >= 15 is 0 Å². The molecular weight excluding hydrogens is 510 g/mol. The van der Waals surface area contributed by atoms with Crippen LogP contribution in [0.1, 0.15) is 28.9 Å². The third-order valence-corrected chi connectivity index (χ3v) is 7.42. The first-order chi connectivity index (χ1) is 19.0. The minimum absolute atomic E-state index is 0.0100. The smallest absolute Gasteiger partial charge is 0.254 e. The highest BCUT2D eigenvalue weighted by molar-refractivity contribution is 6.33. The van der Waals surface area contributed by atoms with E-state index in [1.54, 1.807) is 17.0 Å². The van der Waals surface area contributed by atoms with Gasteiger partial charge < -0.3 is 14.7 Å². The minimum Gasteiger partial charge on any atom is -0.352 e. The molecule has 1 aromatic heterocycles. The van der Waals surface area contributed by atoms with E-state index in [9.17, 15) is 9.59 Å². The molecule has 1 aliphatic heterocycles. The van der Waals surface area contributed by atoms with Crippen molar-refractivity contribution in [1.29, 1.82) is 0 Å². The molecule has 0 N–H and O–H groups in total. The lowest BCUT2D eigenvalue weighted by atomic mass is 10.1. The summed E-state index contributed by atoms with van der Waals surface area (Å²) in [5, 5.41) is 9.42. The van der Waals surface area contributed by atoms with Crippen molar-refractivity contribution in [3.8, 4) is 11.3 Å². The normalized spacial score (nSPS) is 14.1. The van der Waals surface area contributed by atoms with Crippen LogP contribution in [-0.2, 0) is 4.79 Å². The van der Waals surface area contributed by atoms with Gasteiger partial charge in [0.15, 0.2) is 5.82 Å². The van der Waals surface area contributed by atoms with Gasteiger partial charge in [0, 0.05) is 37.3 Å². The monoisotopic (exact) mass is 539 g/mol. The van der Waals surface area contributed by atoms with E-state index in [-0.39, 0.29) is 24.4 Å². The Morgan fingerprint density at radius 3 is 2.10 bits per heavy atom. The standard InChI is InChI=1S/C31H30ClN5O2/c1-23(24-10-4-2-5-11-24)37(31(39)25-12-6-3-7-13-25)22-30(38)36-20-18-35(19-21-36)29-17-16-28(33-34-29)26-14-8-9-15-27(26)32/h2-17,23H,18-22H2,1H3/t23-/m0/s1. The molecule has 0 radical (unpaired) electrons.